The molecule has 6 heterocycles. The third-order valence-corrected chi connectivity index (χ3v) is 18.9. The summed E-state index contributed by atoms with van der Waals surface area (Å²) >= 11 is 0. The smallest absolute Gasteiger partial charge is 0.293 e. The maximum Gasteiger partial charge on any atom is 0.293 e. The van der Waals surface area contributed by atoms with Gasteiger partial charge in [-0.3, -0.25) is 19.8 Å². The van der Waals surface area contributed by atoms with E-state index in [1.54, 1.807) is 6.07 Å². The number of fused-ring (bicyclic) bond motifs is 5. The van der Waals surface area contributed by atoms with E-state index < -0.39 is 43.1 Å². The lowest BCUT2D eigenvalue weighted by atomic mass is 9.59. The van der Waals surface area contributed by atoms with Gasteiger partial charge in [0.1, 0.15) is 23.1 Å². The molecule has 4 atom stereocenters. The molecule has 4 aliphatic heterocycles. The summed E-state index contributed by atoms with van der Waals surface area (Å²) in [4.78, 5) is 41.4. The standard InChI is InChI=1S/C54H64N8O9S/c1-34-28-54(42-6-4-3-5-40(34)42)33-70-24-22-60(54)38-29-53(30-38)17-20-59(21-18-53)37-7-9-41(45(26-37)61-44-14-23-69-32-48(44)71-51-47(61)25-36-13-19-55-49(36)57-51)50(63)58-72(67,68)39-8-10-43(46(27-39)62(65)66)56-31-35-11-15-52(2,64)16-12-35/h3-10,13,19,25-27,34-35,38,44,48,56,64H,11-12,14-18,20-24,28-33H2,1-2H3,(H,55,57)(H,58,63)/t34-,35-,44-,48-,52-,54-/m0/s1. The number of carbonyl (C=O) groups is 1. The largest absolute Gasteiger partial charge is 0.468 e. The Labute approximate surface area is 419 Å². The van der Waals surface area contributed by atoms with Gasteiger partial charge in [0.05, 0.1) is 58.1 Å². The lowest BCUT2D eigenvalue weighted by Crippen LogP contribution is -2.63. The van der Waals surface area contributed by atoms with Gasteiger partial charge in [-0.1, -0.05) is 31.2 Å². The molecule has 0 unspecified atom stereocenters. The molecule has 72 heavy (non-hydrogen) atoms. The Hall–Kier alpha value is -5.79. The van der Waals surface area contributed by atoms with Crippen molar-refractivity contribution in [3.05, 3.63) is 106 Å². The number of aliphatic hydroxyl groups is 1. The molecule has 3 saturated heterocycles. The van der Waals surface area contributed by atoms with Crippen molar-refractivity contribution < 1.29 is 37.5 Å². The molecular weight excluding hydrogens is 937 g/mol. The van der Waals surface area contributed by atoms with Gasteiger partial charge in [-0.2, -0.15) is 4.98 Å². The van der Waals surface area contributed by atoms with Gasteiger partial charge in [0.15, 0.2) is 0 Å². The number of sulfonamides is 1. The van der Waals surface area contributed by atoms with Crippen molar-refractivity contribution in [2.24, 2.45) is 11.3 Å². The van der Waals surface area contributed by atoms with Crippen molar-refractivity contribution in [3.63, 3.8) is 0 Å². The first-order valence-corrected chi connectivity index (χ1v) is 27.3. The minimum Gasteiger partial charge on any atom is -0.468 e. The molecule has 380 valence electrons. The van der Waals surface area contributed by atoms with Crippen LogP contribution in [-0.2, 0) is 25.0 Å². The lowest BCUT2D eigenvalue weighted by Gasteiger charge is -2.60. The number of anilines is 4. The quantitative estimate of drug-likeness (QED) is 0.0771. The van der Waals surface area contributed by atoms with Crippen LogP contribution in [0, 0.1) is 21.4 Å². The highest BCUT2D eigenvalue weighted by atomic mass is 32.2. The summed E-state index contributed by atoms with van der Waals surface area (Å²) in [6.07, 6.45) is 10.2. The highest BCUT2D eigenvalue weighted by Crippen LogP contribution is 2.57. The lowest BCUT2D eigenvalue weighted by molar-refractivity contribution is -0.384. The molecule has 4 N–H and O–H groups in total. The molecule has 2 spiro atoms. The van der Waals surface area contributed by atoms with E-state index >= 15 is 0 Å². The van der Waals surface area contributed by atoms with Crippen molar-refractivity contribution in [2.45, 2.75) is 118 Å². The number of aromatic nitrogens is 2. The van der Waals surface area contributed by atoms with Gasteiger partial charge in [-0.25, -0.2) is 13.1 Å². The van der Waals surface area contributed by atoms with Crippen molar-refractivity contribution in [1.82, 2.24) is 19.6 Å². The molecule has 3 aliphatic carbocycles. The first kappa shape index (κ1) is 47.2. The molecule has 5 aromatic rings. The Morgan fingerprint density at radius 1 is 0.944 bits per heavy atom. The Kier molecular flexibility index (Phi) is 11.8. The van der Waals surface area contributed by atoms with Crippen LogP contribution < -0.4 is 24.6 Å². The number of aromatic amines is 1. The number of nitrogens with zero attached hydrogens (tertiary/aromatic N) is 5. The van der Waals surface area contributed by atoms with Gasteiger partial charge >= 0.3 is 0 Å². The van der Waals surface area contributed by atoms with Crippen LogP contribution in [0.2, 0.25) is 0 Å². The number of benzene rings is 3. The molecule has 18 heteroatoms. The number of pyridine rings is 1. The minimum atomic E-state index is -4.62. The van der Waals surface area contributed by atoms with E-state index in [2.05, 4.69) is 60.9 Å². The van der Waals surface area contributed by atoms with Crippen LogP contribution in [-0.4, -0.2) is 116 Å². The molecule has 2 saturated carbocycles. The Morgan fingerprint density at radius 2 is 1.75 bits per heavy atom. The monoisotopic (exact) mass is 1000 g/mol. The first-order valence-electron chi connectivity index (χ1n) is 25.8. The summed E-state index contributed by atoms with van der Waals surface area (Å²) in [5.74, 6) is 0.184. The number of piperidine rings is 1. The van der Waals surface area contributed by atoms with Gasteiger partial charge < -0.3 is 39.4 Å². The fourth-order valence-corrected chi connectivity index (χ4v) is 14.5. The van der Waals surface area contributed by atoms with Crippen molar-refractivity contribution in [1.29, 1.82) is 0 Å². The van der Waals surface area contributed by atoms with E-state index in [1.807, 2.05) is 37.4 Å². The summed E-state index contributed by atoms with van der Waals surface area (Å²) < 4.78 is 49.3. The van der Waals surface area contributed by atoms with Gasteiger partial charge in [0.25, 0.3) is 21.6 Å². The topological polar surface area (TPSA) is 205 Å². The fraction of sp³-hybridized carbons (Fsp3) is 0.519. The number of amides is 1. The number of H-pyrrole nitrogens is 1. The molecule has 3 aromatic carbocycles. The fourth-order valence-electron chi connectivity index (χ4n) is 13.6. The molecule has 12 rings (SSSR count). The predicted molar refractivity (Wildman–Crippen MR) is 273 cm³/mol. The molecule has 2 aromatic heterocycles. The molecule has 0 radical (unpaired) electrons. The second kappa shape index (κ2) is 18.0. The number of nitro groups is 1. The van der Waals surface area contributed by atoms with E-state index in [0.29, 0.717) is 73.9 Å². The van der Waals surface area contributed by atoms with Crippen molar-refractivity contribution in [3.8, 4) is 5.88 Å². The molecular formula is C54H64N8O9S. The van der Waals surface area contributed by atoms with Crippen molar-refractivity contribution in [2.75, 3.05) is 67.7 Å². The predicted octanol–water partition coefficient (Wildman–Crippen LogP) is 8.11. The number of carbonyl (C=O) groups excluding carboxylic acids is 1. The van der Waals surface area contributed by atoms with Crippen LogP contribution in [0.5, 0.6) is 5.88 Å². The van der Waals surface area contributed by atoms with Crippen LogP contribution in [0.3, 0.4) is 0 Å². The van der Waals surface area contributed by atoms with Crippen molar-refractivity contribution >= 4 is 55.4 Å². The Balaban J connectivity index is 0.822. The van der Waals surface area contributed by atoms with E-state index in [-0.39, 0.29) is 34.2 Å². The van der Waals surface area contributed by atoms with Crippen LogP contribution >= 0.6 is 0 Å². The average Bonchev–Trinajstić information content (AvgIpc) is 3.94. The zero-order valence-electron chi connectivity index (χ0n) is 41.0. The molecule has 7 aliphatic rings. The highest BCUT2D eigenvalue weighted by molar-refractivity contribution is 7.90. The van der Waals surface area contributed by atoms with Crippen LogP contribution in [0.25, 0.3) is 11.0 Å². The normalized spacial score (nSPS) is 28.2. The van der Waals surface area contributed by atoms with E-state index in [9.17, 15) is 28.4 Å². The van der Waals surface area contributed by atoms with Gasteiger partial charge in [-0.05, 0) is 142 Å². The average molecular weight is 1000 g/mol. The van der Waals surface area contributed by atoms with Crippen LogP contribution in [0.4, 0.5) is 28.4 Å². The number of nitro benzene ring substituents is 1. The second-order valence-corrected chi connectivity index (χ2v) is 23.8. The number of hydrogen-bond donors (Lipinski definition) is 4. The summed E-state index contributed by atoms with van der Waals surface area (Å²) in [5, 5.41) is 26.8. The first-order chi connectivity index (χ1) is 34.7. The third kappa shape index (κ3) is 8.36. The van der Waals surface area contributed by atoms with Gasteiger partial charge in [0, 0.05) is 62.2 Å². The number of hydrogen-bond acceptors (Lipinski definition) is 14. The summed E-state index contributed by atoms with van der Waals surface area (Å²) in [6, 6.07) is 22.3. The van der Waals surface area contributed by atoms with Gasteiger partial charge in [0.2, 0.25) is 5.88 Å². The van der Waals surface area contributed by atoms with Crippen LogP contribution in [0.1, 0.15) is 105 Å². The zero-order chi connectivity index (χ0) is 49.6. The highest BCUT2D eigenvalue weighted by Gasteiger charge is 2.56. The number of rotatable bonds is 10. The molecule has 5 fully saturated rings. The SMILES string of the molecule is C[C@H]1C[C@]2(COCCN2C2CC3(CCN(c4ccc(C(=O)NS(=O)(=O)c5ccc(NC[C@H]6CC[C@](C)(O)CC6)c([N+](=O)[O-])c5)c(N5c6cc7cc[nH]c7nc6O[C@H]6COCC[C@@H]65)c4)CC3)C2)c2ccccc21. The molecule has 0 bridgehead atoms. The van der Waals surface area contributed by atoms with E-state index in [0.717, 1.165) is 94.9 Å². The van der Waals surface area contributed by atoms with E-state index in [1.165, 1.54) is 23.3 Å². The maximum atomic E-state index is 14.7. The Bertz CT molecular complexity index is 3030. The summed E-state index contributed by atoms with van der Waals surface area (Å²) in [6.45, 7) is 9.48. The van der Waals surface area contributed by atoms with Gasteiger partial charge in [-0.15, -0.1) is 0 Å². The number of morpholine rings is 1. The van der Waals surface area contributed by atoms with E-state index in [4.69, 9.17) is 19.2 Å². The van der Waals surface area contributed by atoms with Crippen LogP contribution in [0.15, 0.2) is 83.9 Å². The number of ether oxygens (including phenoxy) is 3. The maximum absolute atomic E-state index is 14.7. The summed E-state index contributed by atoms with van der Waals surface area (Å²) in [5.41, 5.74) is 4.94. The molecule has 17 nitrogen and oxygen atoms in total. The molecule has 1 amide bonds. The number of nitrogens with one attached hydrogen (secondary N) is 3. The Morgan fingerprint density at radius 3 is 2.56 bits per heavy atom. The zero-order valence-corrected chi connectivity index (χ0v) is 41.8. The second-order valence-electron chi connectivity index (χ2n) is 22.1. The third-order valence-electron chi connectivity index (χ3n) is 17.5. The summed E-state index contributed by atoms with van der Waals surface area (Å²) in [7, 11) is -4.62. The minimum absolute atomic E-state index is 0.0744.